The van der Waals surface area contributed by atoms with E-state index in [-0.39, 0.29) is 0 Å². The Kier molecular flexibility index (Phi) is 3.06. The van der Waals surface area contributed by atoms with Crippen LogP contribution in [0.25, 0.3) is 0 Å². The predicted octanol–water partition coefficient (Wildman–Crippen LogP) is 1.57. The third kappa shape index (κ3) is 2.26. The fourth-order valence-electron chi connectivity index (χ4n) is 1.40. The van der Waals surface area contributed by atoms with Crippen LogP contribution in [0.2, 0.25) is 0 Å². The molecular formula is C12H12N4O. The summed E-state index contributed by atoms with van der Waals surface area (Å²) >= 11 is 0. The van der Waals surface area contributed by atoms with Gasteiger partial charge < -0.3 is 9.30 Å². The lowest BCUT2D eigenvalue weighted by Crippen LogP contribution is -2.05. The van der Waals surface area contributed by atoms with E-state index in [9.17, 15) is 0 Å². The van der Waals surface area contributed by atoms with Crippen molar-refractivity contribution in [1.82, 2.24) is 14.8 Å². The van der Waals surface area contributed by atoms with Gasteiger partial charge in [-0.25, -0.2) is 0 Å². The minimum absolute atomic E-state index is 0.302. The van der Waals surface area contributed by atoms with Crippen molar-refractivity contribution in [3.8, 4) is 11.8 Å². The Morgan fingerprint density at radius 3 is 2.76 bits per heavy atom. The van der Waals surface area contributed by atoms with Gasteiger partial charge in [0.2, 0.25) is 0 Å². The van der Waals surface area contributed by atoms with Crippen LogP contribution in [0.15, 0.2) is 24.3 Å². The summed E-state index contributed by atoms with van der Waals surface area (Å²) in [5, 5.41) is 16.8. The molecule has 5 heteroatoms. The van der Waals surface area contributed by atoms with Crippen molar-refractivity contribution in [2.45, 2.75) is 13.5 Å². The molecule has 0 fully saturated rings. The summed E-state index contributed by atoms with van der Waals surface area (Å²) in [4.78, 5) is 0. The summed E-state index contributed by atoms with van der Waals surface area (Å²) in [6, 6.07) is 9.20. The van der Waals surface area contributed by atoms with E-state index in [1.807, 2.05) is 24.6 Å². The molecule has 1 aromatic carbocycles. The largest absolute Gasteiger partial charge is 0.484 e. The van der Waals surface area contributed by atoms with Crippen LogP contribution in [-0.4, -0.2) is 14.8 Å². The van der Waals surface area contributed by atoms with Crippen molar-refractivity contribution < 1.29 is 4.74 Å². The maximum Gasteiger partial charge on any atom is 0.170 e. The fourth-order valence-corrected chi connectivity index (χ4v) is 1.40. The zero-order valence-electron chi connectivity index (χ0n) is 9.71. The first-order chi connectivity index (χ1) is 8.22. The van der Waals surface area contributed by atoms with Crippen molar-refractivity contribution in [2.24, 2.45) is 7.05 Å². The fraction of sp³-hybridized carbons (Fsp3) is 0.250. The van der Waals surface area contributed by atoms with Crippen molar-refractivity contribution in [3.63, 3.8) is 0 Å². The first kappa shape index (κ1) is 11.1. The van der Waals surface area contributed by atoms with E-state index >= 15 is 0 Å². The third-order valence-corrected chi connectivity index (χ3v) is 2.55. The summed E-state index contributed by atoms with van der Waals surface area (Å²) < 4.78 is 7.42. The molecule has 86 valence electrons. The summed E-state index contributed by atoms with van der Waals surface area (Å²) in [5.41, 5.74) is 0.520. The van der Waals surface area contributed by atoms with Crippen LogP contribution in [0.3, 0.4) is 0 Å². The van der Waals surface area contributed by atoms with Crippen molar-refractivity contribution in [3.05, 3.63) is 41.5 Å². The number of ether oxygens (including phenoxy) is 1. The molecule has 0 atom stereocenters. The molecule has 0 saturated carbocycles. The number of hydrogen-bond donors (Lipinski definition) is 0. The first-order valence-electron chi connectivity index (χ1n) is 5.19. The van der Waals surface area contributed by atoms with Crippen molar-refractivity contribution in [2.75, 3.05) is 0 Å². The number of hydrogen-bond acceptors (Lipinski definition) is 4. The van der Waals surface area contributed by atoms with Gasteiger partial charge in [0, 0.05) is 7.05 Å². The zero-order valence-corrected chi connectivity index (χ0v) is 9.71. The molecule has 0 amide bonds. The van der Waals surface area contributed by atoms with E-state index in [1.54, 1.807) is 18.2 Å². The van der Waals surface area contributed by atoms with Crippen LogP contribution >= 0.6 is 0 Å². The second-order valence-corrected chi connectivity index (χ2v) is 3.62. The molecule has 0 radical (unpaired) electrons. The maximum atomic E-state index is 8.91. The van der Waals surface area contributed by atoms with Gasteiger partial charge in [0.05, 0.1) is 5.56 Å². The second kappa shape index (κ2) is 4.66. The number of para-hydroxylation sites is 1. The van der Waals surface area contributed by atoms with Gasteiger partial charge in [-0.15, -0.1) is 10.2 Å². The standard InChI is InChI=1S/C12H12N4O/c1-9-14-15-12(16(9)2)8-17-11-6-4-3-5-10(11)7-13/h3-6H,8H2,1-2H3. The molecular weight excluding hydrogens is 216 g/mol. The molecule has 0 saturated heterocycles. The minimum Gasteiger partial charge on any atom is -0.484 e. The molecule has 2 aromatic rings. The van der Waals surface area contributed by atoms with E-state index in [2.05, 4.69) is 16.3 Å². The van der Waals surface area contributed by atoms with Crippen molar-refractivity contribution >= 4 is 0 Å². The predicted molar refractivity (Wildman–Crippen MR) is 61.2 cm³/mol. The first-order valence-corrected chi connectivity index (χ1v) is 5.19. The lowest BCUT2D eigenvalue weighted by molar-refractivity contribution is 0.290. The summed E-state index contributed by atoms with van der Waals surface area (Å²) in [6.07, 6.45) is 0. The number of aromatic nitrogens is 3. The molecule has 0 aliphatic heterocycles. The molecule has 2 rings (SSSR count). The topological polar surface area (TPSA) is 63.7 Å². The Balaban J connectivity index is 2.13. The quantitative estimate of drug-likeness (QED) is 0.800. The maximum absolute atomic E-state index is 8.91. The van der Waals surface area contributed by atoms with E-state index in [0.717, 1.165) is 11.6 Å². The highest BCUT2D eigenvalue weighted by molar-refractivity contribution is 5.42. The highest BCUT2D eigenvalue weighted by atomic mass is 16.5. The van der Waals surface area contributed by atoms with Crippen LogP contribution < -0.4 is 4.74 Å². The Hall–Kier alpha value is -2.35. The lowest BCUT2D eigenvalue weighted by atomic mass is 10.2. The number of aryl methyl sites for hydroxylation is 1. The van der Waals surface area contributed by atoms with Crippen LogP contribution in [0, 0.1) is 18.3 Å². The molecule has 0 aliphatic rings. The van der Waals surface area contributed by atoms with E-state index in [4.69, 9.17) is 10.00 Å². The second-order valence-electron chi connectivity index (χ2n) is 3.62. The molecule has 17 heavy (non-hydrogen) atoms. The van der Waals surface area contributed by atoms with E-state index in [1.165, 1.54) is 0 Å². The van der Waals surface area contributed by atoms with Gasteiger partial charge in [0.25, 0.3) is 0 Å². The molecule has 0 bridgehead atoms. The molecule has 0 unspecified atom stereocenters. The van der Waals surface area contributed by atoms with Gasteiger partial charge in [-0.1, -0.05) is 12.1 Å². The summed E-state index contributed by atoms with van der Waals surface area (Å²) in [5.74, 6) is 2.13. The summed E-state index contributed by atoms with van der Waals surface area (Å²) in [6.45, 7) is 2.18. The number of nitriles is 1. The molecule has 5 nitrogen and oxygen atoms in total. The minimum atomic E-state index is 0.302. The van der Waals surface area contributed by atoms with Crippen LogP contribution in [0.5, 0.6) is 5.75 Å². The van der Waals surface area contributed by atoms with Gasteiger partial charge in [0.15, 0.2) is 5.82 Å². The highest BCUT2D eigenvalue weighted by Gasteiger charge is 2.07. The smallest absolute Gasteiger partial charge is 0.170 e. The van der Waals surface area contributed by atoms with Gasteiger partial charge in [-0.3, -0.25) is 0 Å². The third-order valence-electron chi connectivity index (χ3n) is 2.55. The van der Waals surface area contributed by atoms with Gasteiger partial charge in [-0.2, -0.15) is 5.26 Å². The van der Waals surface area contributed by atoms with Crippen LogP contribution in [0.1, 0.15) is 17.2 Å². The number of benzene rings is 1. The molecule has 1 heterocycles. The summed E-state index contributed by atoms with van der Waals surface area (Å²) in [7, 11) is 1.88. The zero-order chi connectivity index (χ0) is 12.3. The molecule has 1 aromatic heterocycles. The monoisotopic (exact) mass is 228 g/mol. The van der Waals surface area contributed by atoms with Crippen LogP contribution in [-0.2, 0) is 13.7 Å². The Labute approximate surface area is 99.3 Å². The van der Waals surface area contributed by atoms with Gasteiger partial charge in [-0.05, 0) is 19.1 Å². The Morgan fingerprint density at radius 1 is 1.35 bits per heavy atom. The Bertz CT molecular complexity index is 568. The number of nitrogens with zero attached hydrogens (tertiary/aromatic N) is 4. The van der Waals surface area contributed by atoms with E-state index < -0.39 is 0 Å². The molecule has 0 aliphatic carbocycles. The SMILES string of the molecule is Cc1nnc(COc2ccccc2C#N)n1C. The van der Waals surface area contributed by atoms with Gasteiger partial charge in [0.1, 0.15) is 24.3 Å². The lowest BCUT2D eigenvalue weighted by Gasteiger charge is -2.06. The van der Waals surface area contributed by atoms with Gasteiger partial charge >= 0.3 is 0 Å². The van der Waals surface area contributed by atoms with E-state index in [0.29, 0.717) is 17.9 Å². The van der Waals surface area contributed by atoms with Crippen molar-refractivity contribution in [1.29, 1.82) is 5.26 Å². The molecule has 0 spiro atoms. The molecule has 0 N–H and O–H groups in total. The average Bonchev–Trinajstić information content (AvgIpc) is 2.68. The Morgan fingerprint density at radius 2 is 2.12 bits per heavy atom. The van der Waals surface area contributed by atoms with Crippen LogP contribution in [0.4, 0.5) is 0 Å². The average molecular weight is 228 g/mol. The number of rotatable bonds is 3. The highest BCUT2D eigenvalue weighted by Crippen LogP contribution is 2.17. The normalized spacial score (nSPS) is 9.94.